The minimum Gasteiger partial charge on any atom is -0.399 e. The number of nitrogen functional groups attached to an aromatic ring is 1. The van der Waals surface area contributed by atoms with Gasteiger partial charge in [0.25, 0.3) is 0 Å². The highest BCUT2D eigenvalue weighted by Crippen LogP contribution is 2.51. The molecule has 0 radical (unpaired) electrons. The van der Waals surface area contributed by atoms with E-state index in [0.29, 0.717) is 0 Å². The molecule has 0 atom stereocenters. The van der Waals surface area contributed by atoms with Gasteiger partial charge in [-0.25, -0.2) is 0 Å². The number of hydrogen-bond donors (Lipinski definition) is 3. The Balaban J connectivity index is 0.000000242. The van der Waals surface area contributed by atoms with Gasteiger partial charge in [-0.15, -0.1) is 0 Å². The molecular formula is C47H40N4. The number of nitrogens with two attached hydrogens (primary N) is 1. The molecule has 0 fully saturated rings. The number of rotatable bonds is 3. The van der Waals surface area contributed by atoms with Crippen molar-refractivity contribution in [2.75, 3.05) is 5.73 Å². The standard InChI is InChI=1S/C36H30N2.C11H10N2/c1-35(2)29-11-7-5-9-24(29)26-15-13-21(18-31(26)35)23-17-28(34(38)33(37)20-23)22-14-16-27-25-10-6-8-12-30(25)36(3,4)32(27)19-22;12-11-3-1-2-10(8-11)9-4-6-13-7-5-9/h5-20,37-38H,1-4H3;1-8H,12H2. The summed E-state index contributed by atoms with van der Waals surface area (Å²) in [6.07, 6.45) is 7.50. The van der Waals surface area contributed by atoms with Gasteiger partial charge in [0.05, 0.1) is 11.4 Å². The van der Waals surface area contributed by atoms with Crippen molar-refractivity contribution < 1.29 is 0 Å². The van der Waals surface area contributed by atoms with Crippen LogP contribution in [0, 0.1) is 10.8 Å². The lowest BCUT2D eigenvalue weighted by molar-refractivity contribution is 0.660. The third-order valence-electron chi connectivity index (χ3n) is 10.8. The first-order chi connectivity index (χ1) is 24.5. The van der Waals surface area contributed by atoms with Crippen LogP contribution in [0.1, 0.15) is 61.1 Å². The second-order valence-corrected chi connectivity index (χ2v) is 14.7. The predicted octanol–water partition coefficient (Wildman–Crippen LogP) is 11.2. The summed E-state index contributed by atoms with van der Waals surface area (Å²) in [6, 6.07) is 42.3. The Labute approximate surface area is 300 Å². The van der Waals surface area contributed by atoms with Crippen molar-refractivity contribution in [1.82, 2.24) is 4.98 Å². The maximum Gasteiger partial charge on any atom is 0.0867 e. The topological polar surface area (TPSA) is 86.6 Å². The number of benzene rings is 5. The Hall–Kier alpha value is -6.13. The number of anilines is 1. The average molecular weight is 661 g/mol. The Bertz CT molecular complexity index is 2460. The van der Waals surface area contributed by atoms with Crippen LogP contribution >= 0.6 is 0 Å². The number of nitrogens with zero attached hydrogens (tertiary/aromatic N) is 1. The molecule has 51 heavy (non-hydrogen) atoms. The van der Waals surface area contributed by atoms with Crippen LogP contribution in [0.15, 0.2) is 146 Å². The summed E-state index contributed by atoms with van der Waals surface area (Å²) >= 11 is 0. The second kappa shape index (κ2) is 12.0. The van der Waals surface area contributed by atoms with E-state index >= 15 is 0 Å². The summed E-state index contributed by atoms with van der Waals surface area (Å²) in [4.78, 5) is 3.96. The van der Waals surface area contributed by atoms with E-state index in [-0.39, 0.29) is 22.3 Å². The third kappa shape index (κ3) is 5.35. The Kier molecular flexibility index (Phi) is 7.57. The normalized spacial score (nSPS) is 15.8. The minimum atomic E-state index is -0.105. The summed E-state index contributed by atoms with van der Waals surface area (Å²) in [5.41, 5.74) is 23.4. The summed E-state index contributed by atoms with van der Waals surface area (Å²) < 4.78 is 0. The number of fused-ring (bicyclic) bond motifs is 6. The fourth-order valence-corrected chi connectivity index (χ4v) is 8.05. The van der Waals surface area contributed by atoms with Gasteiger partial charge in [-0.05, 0) is 121 Å². The number of nitrogens with one attached hydrogen (secondary N) is 2. The van der Waals surface area contributed by atoms with Gasteiger partial charge in [0.2, 0.25) is 0 Å². The van der Waals surface area contributed by atoms with Crippen LogP contribution in [0.5, 0.6) is 0 Å². The maximum atomic E-state index is 8.80. The van der Waals surface area contributed by atoms with Gasteiger partial charge in [0.1, 0.15) is 0 Å². The van der Waals surface area contributed by atoms with Crippen molar-refractivity contribution in [2.45, 2.75) is 38.5 Å². The van der Waals surface area contributed by atoms with Gasteiger partial charge in [-0.1, -0.05) is 113 Å². The van der Waals surface area contributed by atoms with E-state index < -0.39 is 0 Å². The van der Waals surface area contributed by atoms with Crippen LogP contribution in [-0.4, -0.2) is 16.4 Å². The van der Waals surface area contributed by atoms with Crippen LogP contribution in [0.3, 0.4) is 0 Å². The van der Waals surface area contributed by atoms with Gasteiger partial charge >= 0.3 is 0 Å². The maximum absolute atomic E-state index is 8.80. The number of aromatic nitrogens is 1. The molecule has 0 saturated carbocycles. The van der Waals surface area contributed by atoms with Crippen molar-refractivity contribution >= 4 is 28.3 Å². The first kappa shape index (κ1) is 32.1. The molecular weight excluding hydrogens is 621 g/mol. The van der Waals surface area contributed by atoms with Gasteiger partial charge < -0.3 is 5.73 Å². The first-order valence-electron chi connectivity index (χ1n) is 17.4. The number of hydrogen-bond acceptors (Lipinski definition) is 4. The summed E-state index contributed by atoms with van der Waals surface area (Å²) in [7, 11) is 0. The second-order valence-electron chi connectivity index (χ2n) is 14.7. The fraction of sp³-hybridized carbons (Fsp3) is 0.128. The molecule has 6 aromatic rings. The Morgan fingerprint density at radius 3 is 1.65 bits per heavy atom. The molecule has 1 aromatic heterocycles. The van der Waals surface area contributed by atoms with E-state index in [4.69, 9.17) is 16.6 Å². The molecule has 0 saturated heterocycles. The third-order valence-corrected chi connectivity index (χ3v) is 10.8. The molecule has 4 N–H and O–H groups in total. The van der Waals surface area contributed by atoms with E-state index in [0.717, 1.165) is 39.1 Å². The number of pyridine rings is 1. The van der Waals surface area contributed by atoms with Crippen LogP contribution in [-0.2, 0) is 10.8 Å². The van der Waals surface area contributed by atoms with Crippen LogP contribution in [0.25, 0.3) is 44.5 Å². The van der Waals surface area contributed by atoms with E-state index in [9.17, 15) is 0 Å². The summed E-state index contributed by atoms with van der Waals surface area (Å²) in [5.74, 6) is 0. The lowest BCUT2D eigenvalue weighted by Crippen LogP contribution is -2.18. The predicted molar refractivity (Wildman–Crippen MR) is 214 cm³/mol. The smallest absolute Gasteiger partial charge is 0.0867 e. The van der Waals surface area contributed by atoms with Gasteiger partial charge in [-0.2, -0.15) is 0 Å². The molecule has 1 heterocycles. The van der Waals surface area contributed by atoms with Crippen LogP contribution < -0.4 is 5.73 Å². The lowest BCUT2D eigenvalue weighted by Gasteiger charge is -2.24. The molecule has 0 bridgehead atoms. The van der Waals surface area contributed by atoms with Crippen molar-refractivity contribution in [2.24, 2.45) is 0 Å². The fourth-order valence-electron chi connectivity index (χ4n) is 8.05. The zero-order chi connectivity index (χ0) is 35.5. The highest BCUT2D eigenvalue weighted by molar-refractivity contribution is 6.61. The largest absolute Gasteiger partial charge is 0.399 e. The molecule has 0 aliphatic heterocycles. The van der Waals surface area contributed by atoms with Gasteiger partial charge in [0.15, 0.2) is 0 Å². The van der Waals surface area contributed by atoms with Gasteiger partial charge in [-0.3, -0.25) is 15.8 Å². The summed E-state index contributed by atoms with van der Waals surface area (Å²) in [6.45, 7) is 9.14. The SMILES string of the molecule is CC1(C)c2ccccc2-c2ccc(C3=CC(=N)C(=N)C(c4ccc5c(c4)C(C)(C)c4ccccc4-5)=C3)cc21.Nc1cccc(-c2ccncc2)c1. The van der Waals surface area contributed by atoms with Crippen molar-refractivity contribution in [1.29, 1.82) is 10.8 Å². The zero-order valence-electron chi connectivity index (χ0n) is 29.4. The summed E-state index contributed by atoms with van der Waals surface area (Å²) in [5, 5.41) is 17.5. The van der Waals surface area contributed by atoms with Crippen molar-refractivity contribution in [3.05, 3.63) is 179 Å². The molecule has 0 amide bonds. The van der Waals surface area contributed by atoms with Crippen molar-refractivity contribution in [3.8, 4) is 33.4 Å². The highest BCUT2D eigenvalue weighted by atomic mass is 14.6. The molecule has 4 nitrogen and oxygen atoms in total. The first-order valence-corrected chi connectivity index (χ1v) is 17.4. The molecule has 248 valence electrons. The molecule has 0 unspecified atom stereocenters. The monoisotopic (exact) mass is 660 g/mol. The average Bonchev–Trinajstić information content (AvgIpc) is 3.52. The van der Waals surface area contributed by atoms with E-state index in [1.54, 1.807) is 12.4 Å². The van der Waals surface area contributed by atoms with E-state index in [1.165, 1.54) is 44.5 Å². The lowest BCUT2D eigenvalue weighted by atomic mass is 9.80. The highest BCUT2D eigenvalue weighted by Gasteiger charge is 2.37. The zero-order valence-corrected chi connectivity index (χ0v) is 29.4. The molecule has 4 heteroatoms. The molecule has 3 aliphatic rings. The van der Waals surface area contributed by atoms with Crippen molar-refractivity contribution in [3.63, 3.8) is 0 Å². The molecule has 9 rings (SSSR count). The molecule has 0 spiro atoms. The quantitative estimate of drug-likeness (QED) is 0.130. The Morgan fingerprint density at radius 1 is 0.490 bits per heavy atom. The van der Waals surface area contributed by atoms with E-state index in [2.05, 4.69) is 124 Å². The Morgan fingerprint density at radius 2 is 1.04 bits per heavy atom. The van der Waals surface area contributed by atoms with E-state index in [1.807, 2.05) is 42.5 Å². The van der Waals surface area contributed by atoms with Crippen LogP contribution in [0.2, 0.25) is 0 Å². The molecule has 3 aliphatic carbocycles. The van der Waals surface area contributed by atoms with Crippen LogP contribution in [0.4, 0.5) is 5.69 Å². The minimum absolute atomic E-state index is 0.0789. The van der Waals surface area contributed by atoms with Gasteiger partial charge in [0, 0.05) is 34.5 Å². The number of allylic oxidation sites excluding steroid dienone is 4. The molecule has 5 aromatic carbocycles.